The molecule has 3 aromatic rings. The van der Waals surface area contributed by atoms with Crippen LogP contribution >= 0.6 is 11.3 Å². The Morgan fingerprint density at radius 3 is 2.48 bits per heavy atom. The molecule has 0 bridgehead atoms. The fourth-order valence-electron chi connectivity index (χ4n) is 2.07. The van der Waals surface area contributed by atoms with Crippen LogP contribution in [0, 0.1) is 0 Å². The van der Waals surface area contributed by atoms with Crippen LogP contribution in [0.25, 0.3) is 11.3 Å². The molecule has 0 spiro atoms. The van der Waals surface area contributed by atoms with E-state index >= 15 is 0 Å². The molecule has 4 nitrogen and oxygen atoms in total. The van der Waals surface area contributed by atoms with Crippen molar-refractivity contribution in [2.45, 2.75) is 11.5 Å². The van der Waals surface area contributed by atoms with Crippen molar-refractivity contribution in [1.82, 2.24) is 4.98 Å². The summed E-state index contributed by atoms with van der Waals surface area (Å²) in [7, 11) is -3.19. The number of pyridine rings is 1. The summed E-state index contributed by atoms with van der Waals surface area (Å²) < 4.78 is 28.7. The van der Waals surface area contributed by atoms with Crippen molar-refractivity contribution in [1.29, 1.82) is 0 Å². The first-order chi connectivity index (χ1) is 11.0. The van der Waals surface area contributed by atoms with Crippen molar-refractivity contribution < 1.29 is 13.2 Å². The standard InChI is InChI=1S/C17H15NO3S2/c1-23(19,20)15-9-7-13(8-10-15)16-5-2-6-17(18-16)21-12-14-4-3-11-22-14/h2-11H,12H2,1H3. The summed E-state index contributed by atoms with van der Waals surface area (Å²) in [6.07, 6.45) is 1.19. The third-order valence-electron chi connectivity index (χ3n) is 3.24. The lowest BCUT2D eigenvalue weighted by Crippen LogP contribution is -1.97. The van der Waals surface area contributed by atoms with Crippen LogP contribution in [0.4, 0.5) is 0 Å². The molecule has 118 valence electrons. The van der Waals surface area contributed by atoms with E-state index in [1.54, 1.807) is 35.6 Å². The second kappa shape index (κ2) is 6.52. The molecule has 2 heterocycles. The topological polar surface area (TPSA) is 56.3 Å². The first kappa shape index (κ1) is 15.7. The zero-order valence-electron chi connectivity index (χ0n) is 12.5. The summed E-state index contributed by atoms with van der Waals surface area (Å²) in [5.41, 5.74) is 1.59. The molecule has 0 aliphatic carbocycles. The van der Waals surface area contributed by atoms with E-state index in [0.29, 0.717) is 17.4 Å². The molecule has 0 radical (unpaired) electrons. The van der Waals surface area contributed by atoms with Crippen molar-refractivity contribution in [2.75, 3.05) is 6.26 Å². The minimum atomic E-state index is -3.19. The van der Waals surface area contributed by atoms with Crippen LogP contribution in [0.15, 0.2) is 64.9 Å². The van der Waals surface area contributed by atoms with Gasteiger partial charge in [0.25, 0.3) is 0 Å². The lowest BCUT2D eigenvalue weighted by molar-refractivity contribution is 0.297. The molecule has 0 aliphatic rings. The Labute approximate surface area is 139 Å². The molecule has 0 saturated heterocycles. The fourth-order valence-corrected chi connectivity index (χ4v) is 3.32. The lowest BCUT2D eigenvalue weighted by Gasteiger charge is -2.07. The van der Waals surface area contributed by atoms with E-state index < -0.39 is 9.84 Å². The fraction of sp³-hybridized carbons (Fsp3) is 0.118. The number of ether oxygens (including phenoxy) is 1. The Hall–Kier alpha value is -2.18. The molecule has 0 fully saturated rings. The van der Waals surface area contributed by atoms with Gasteiger partial charge in [-0.05, 0) is 29.6 Å². The summed E-state index contributed by atoms with van der Waals surface area (Å²) >= 11 is 1.64. The van der Waals surface area contributed by atoms with Crippen molar-refractivity contribution in [3.8, 4) is 17.1 Å². The highest BCUT2D eigenvalue weighted by Gasteiger charge is 2.08. The first-order valence-electron chi connectivity index (χ1n) is 6.95. The zero-order valence-corrected chi connectivity index (χ0v) is 14.1. The van der Waals surface area contributed by atoms with Gasteiger partial charge in [0.05, 0.1) is 10.6 Å². The number of rotatable bonds is 5. The van der Waals surface area contributed by atoms with Gasteiger partial charge in [-0.1, -0.05) is 24.3 Å². The highest BCUT2D eigenvalue weighted by atomic mass is 32.2. The van der Waals surface area contributed by atoms with Gasteiger partial charge >= 0.3 is 0 Å². The monoisotopic (exact) mass is 345 g/mol. The molecule has 23 heavy (non-hydrogen) atoms. The third-order valence-corrected chi connectivity index (χ3v) is 5.22. The van der Waals surface area contributed by atoms with E-state index in [0.717, 1.165) is 16.1 Å². The number of nitrogens with zero attached hydrogens (tertiary/aromatic N) is 1. The molecule has 0 saturated carbocycles. The molecule has 6 heteroatoms. The second-order valence-corrected chi connectivity index (χ2v) is 8.07. The summed E-state index contributed by atoms with van der Waals surface area (Å²) in [5, 5.41) is 2.01. The zero-order chi connectivity index (χ0) is 16.3. The molecular weight excluding hydrogens is 330 g/mol. The summed E-state index contributed by atoms with van der Waals surface area (Å²) in [6, 6.07) is 16.2. The van der Waals surface area contributed by atoms with Gasteiger partial charge < -0.3 is 4.74 Å². The summed E-state index contributed by atoms with van der Waals surface area (Å²) in [4.78, 5) is 5.90. The number of aromatic nitrogens is 1. The van der Waals surface area contributed by atoms with Crippen molar-refractivity contribution >= 4 is 21.2 Å². The molecule has 0 atom stereocenters. The number of hydrogen-bond acceptors (Lipinski definition) is 5. The first-order valence-corrected chi connectivity index (χ1v) is 9.72. The molecule has 2 aromatic heterocycles. The van der Waals surface area contributed by atoms with E-state index in [-0.39, 0.29) is 0 Å². The van der Waals surface area contributed by atoms with Gasteiger partial charge in [0.2, 0.25) is 5.88 Å². The maximum absolute atomic E-state index is 11.5. The van der Waals surface area contributed by atoms with E-state index in [1.165, 1.54) is 6.26 Å². The summed E-state index contributed by atoms with van der Waals surface area (Å²) in [6.45, 7) is 0.487. The second-order valence-electron chi connectivity index (χ2n) is 5.03. The molecule has 0 aliphatic heterocycles. The highest BCUT2D eigenvalue weighted by Crippen LogP contribution is 2.22. The van der Waals surface area contributed by atoms with E-state index in [4.69, 9.17) is 4.74 Å². The van der Waals surface area contributed by atoms with E-state index in [9.17, 15) is 8.42 Å². The number of thiophene rings is 1. The molecule has 1 aromatic carbocycles. The van der Waals surface area contributed by atoms with Crippen LogP contribution < -0.4 is 4.74 Å². The minimum Gasteiger partial charge on any atom is -0.472 e. The molecule has 0 amide bonds. The normalized spacial score (nSPS) is 11.3. The molecule has 0 N–H and O–H groups in total. The van der Waals surface area contributed by atoms with E-state index in [1.807, 2.05) is 35.7 Å². The lowest BCUT2D eigenvalue weighted by atomic mass is 10.1. The predicted octanol–water partition coefficient (Wildman–Crippen LogP) is 3.79. The van der Waals surface area contributed by atoms with Gasteiger partial charge in [0, 0.05) is 22.8 Å². The van der Waals surface area contributed by atoms with Crippen LogP contribution in [-0.2, 0) is 16.4 Å². The largest absolute Gasteiger partial charge is 0.472 e. The Morgan fingerprint density at radius 1 is 1.04 bits per heavy atom. The smallest absolute Gasteiger partial charge is 0.214 e. The Balaban J connectivity index is 1.79. The van der Waals surface area contributed by atoms with Crippen molar-refractivity contribution in [2.24, 2.45) is 0 Å². The van der Waals surface area contributed by atoms with Crippen molar-refractivity contribution in [3.63, 3.8) is 0 Å². The Bertz CT molecular complexity index is 886. The average Bonchev–Trinajstić information content (AvgIpc) is 3.06. The number of benzene rings is 1. The Kier molecular flexibility index (Phi) is 4.45. The minimum absolute atomic E-state index is 0.298. The molecular formula is C17H15NO3S2. The third kappa shape index (κ3) is 3.97. The summed E-state index contributed by atoms with van der Waals surface area (Å²) in [5.74, 6) is 0.545. The average molecular weight is 345 g/mol. The van der Waals surface area contributed by atoms with Crippen molar-refractivity contribution in [3.05, 3.63) is 64.9 Å². The van der Waals surface area contributed by atoms with Crippen LogP contribution in [0.3, 0.4) is 0 Å². The number of sulfone groups is 1. The maximum atomic E-state index is 11.5. The van der Waals surface area contributed by atoms with Crippen LogP contribution in [-0.4, -0.2) is 19.7 Å². The highest BCUT2D eigenvalue weighted by molar-refractivity contribution is 7.90. The van der Waals surface area contributed by atoms with Gasteiger partial charge in [-0.25, -0.2) is 13.4 Å². The molecule has 3 rings (SSSR count). The SMILES string of the molecule is CS(=O)(=O)c1ccc(-c2cccc(OCc3cccs3)n2)cc1. The van der Waals surface area contributed by atoms with Gasteiger partial charge in [-0.15, -0.1) is 11.3 Å². The van der Waals surface area contributed by atoms with Gasteiger partial charge in [0.1, 0.15) is 6.61 Å². The van der Waals surface area contributed by atoms with Crippen LogP contribution in [0.2, 0.25) is 0 Å². The van der Waals surface area contributed by atoms with Gasteiger partial charge in [-0.3, -0.25) is 0 Å². The van der Waals surface area contributed by atoms with Crippen LogP contribution in [0.5, 0.6) is 5.88 Å². The Morgan fingerprint density at radius 2 is 1.83 bits per heavy atom. The van der Waals surface area contributed by atoms with Gasteiger partial charge in [0.15, 0.2) is 9.84 Å². The van der Waals surface area contributed by atoms with E-state index in [2.05, 4.69) is 4.98 Å². The molecule has 0 unspecified atom stereocenters. The number of hydrogen-bond donors (Lipinski definition) is 0. The quantitative estimate of drug-likeness (QED) is 0.706. The van der Waals surface area contributed by atoms with Crippen LogP contribution in [0.1, 0.15) is 4.88 Å². The predicted molar refractivity (Wildman–Crippen MR) is 91.4 cm³/mol. The maximum Gasteiger partial charge on any atom is 0.214 e. The van der Waals surface area contributed by atoms with Gasteiger partial charge in [-0.2, -0.15) is 0 Å².